The molecule has 1 saturated heterocycles. The Morgan fingerprint density at radius 3 is 2.34 bits per heavy atom. The third-order valence-corrected chi connectivity index (χ3v) is 4.97. The third kappa shape index (κ3) is 6.01. The van der Waals surface area contributed by atoms with Crippen LogP contribution < -0.4 is 15.5 Å². The van der Waals surface area contributed by atoms with Crippen LogP contribution in [0.5, 0.6) is 0 Å². The summed E-state index contributed by atoms with van der Waals surface area (Å²) in [5.74, 6) is -3.52. The molecule has 0 radical (unpaired) electrons. The van der Waals surface area contributed by atoms with Crippen molar-refractivity contribution in [3.63, 3.8) is 0 Å². The minimum atomic E-state index is -0.985. The van der Waals surface area contributed by atoms with E-state index in [9.17, 15) is 18.4 Å². The van der Waals surface area contributed by atoms with Gasteiger partial charge < -0.3 is 15.5 Å². The summed E-state index contributed by atoms with van der Waals surface area (Å²) in [6.45, 7) is 2.54. The zero-order valence-corrected chi connectivity index (χ0v) is 16.2. The molecule has 0 spiro atoms. The molecule has 5 nitrogen and oxygen atoms in total. The van der Waals surface area contributed by atoms with Crippen molar-refractivity contribution in [3.05, 3.63) is 59.7 Å². The number of amides is 2. The molecule has 29 heavy (non-hydrogen) atoms. The Bertz CT molecular complexity index is 850. The highest BCUT2D eigenvalue weighted by molar-refractivity contribution is 6.39. The number of hydrogen-bond donors (Lipinski definition) is 2. The molecule has 1 aliphatic rings. The van der Waals surface area contributed by atoms with Crippen molar-refractivity contribution in [2.75, 3.05) is 29.9 Å². The van der Waals surface area contributed by atoms with Gasteiger partial charge >= 0.3 is 11.8 Å². The Balaban J connectivity index is 1.39. The first-order valence-corrected chi connectivity index (χ1v) is 9.91. The number of aryl methyl sites for hydroxylation is 1. The zero-order chi connectivity index (χ0) is 20.6. The van der Waals surface area contributed by atoms with E-state index in [1.54, 1.807) is 0 Å². The van der Waals surface area contributed by atoms with E-state index in [1.165, 1.54) is 24.9 Å². The second-order valence-electron chi connectivity index (χ2n) is 7.15. The summed E-state index contributed by atoms with van der Waals surface area (Å²) in [5.41, 5.74) is 2.17. The van der Waals surface area contributed by atoms with Crippen molar-refractivity contribution < 1.29 is 18.4 Å². The standard InChI is InChI=1S/C22H25F2N3O2/c23-17-8-11-20(19(24)15-17)26-22(29)21(28)25-12-4-5-16-6-9-18(10-7-16)27-13-2-1-3-14-27/h6-11,15H,1-5,12-14H2,(H,25,28)(H,26,29). The van der Waals surface area contributed by atoms with Crippen molar-refractivity contribution in [2.45, 2.75) is 32.1 Å². The van der Waals surface area contributed by atoms with Gasteiger partial charge in [-0.1, -0.05) is 12.1 Å². The predicted octanol–water partition coefficient (Wildman–Crippen LogP) is 3.64. The molecule has 0 saturated carbocycles. The lowest BCUT2D eigenvalue weighted by molar-refractivity contribution is -0.136. The Hall–Kier alpha value is -2.96. The van der Waals surface area contributed by atoms with Crippen LogP contribution in [0.1, 0.15) is 31.2 Å². The van der Waals surface area contributed by atoms with E-state index in [-0.39, 0.29) is 5.69 Å². The predicted molar refractivity (Wildman–Crippen MR) is 109 cm³/mol. The minimum Gasteiger partial charge on any atom is -0.372 e. The van der Waals surface area contributed by atoms with E-state index in [2.05, 4.69) is 39.8 Å². The SMILES string of the molecule is O=C(NCCCc1ccc(N2CCCCC2)cc1)C(=O)Nc1ccc(F)cc1F. The Morgan fingerprint density at radius 2 is 1.66 bits per heavy atom. The first-order chi connectivity index (χ1) is 14.0. The van der Waals surface area contributed by atoms with Crippen molar-refractivity contribution >= 4 is 23.2 Å². The maximum atomic E-state index is 13.5. The number of anilines is 2. The molecule has 1 fully saturated rings. The highest BCUT2D eigenvalue weighted by atomic mass is 19.1. The molecule has 2 amide bonds. The van der Waals surface area contributed by atoms with Gasteiger partial charge in [-0.3, -0.25) is 9.59 Å². The van der Waals surface area contributed by atoms with Crippen LogP contribution in [0, 0.1) is 11.6 Å². The van der Waals surface area contributed by atoms with E-state index < -0.39 is 23.4 Å². The van der Waals surface area contributed by atoms with Crippen molar-refractivity contribution in [3.8, 4) is 0 Å². The Morgan fingerprint density at radius 1 is 0.931 bits per heavy atom. The van der Waals surface area contributed by atoms with Gasteiger partial charge in [-0.15, -0.1) is 0 Å². The van der Waals surface area contributed by atoms with Crippen LogP contribution >= 0.6 is 0 Å². The number of rotatable bonds is 6. The Labute approximate surface area is 169 Å². The topological polar surface area (TPSA) is 61.4 Å². The lowest BCUT2D eigenvalue weighted by Gasteiger charge is -2.28. The molecule has 0 unspecified atom stereocenters. The van der Waals surface area contributed by atoms with Gasteiger partial charge in [-0.2, -0.15) is 0 Å². The fourth-order valence-corrected chi connectivity index (χ4v) is 3.37. The highest BCUT2D eigenvalue weighted by Gasteiger charge is 2.15. The molecule has 2 aromatic rings. The fraction of sp³-hybridized carbons (Fsp3) is 0.364. The molecular formula is C22H25F2N3O2. The van der Waals surface area contributed by atoms with Crippen LogP contribution in [0.2, 0.25) is 0 Å². The van der Waals surface area contributed by atoms with Crippen LogP contribution in [-0.2, 0) is 16.0 Å². The van der Waals surface area contributed by atoms with Crippen LogP contribution in [-0.4, -0.2) is 31.4 Å². The molecule has 7 heteroatoms. The third-order valence-electron chi connectivity index (χ3n) is 4.97. The fourth-order valence-electron chi connectivity index (χ4n) is 3.37. The molecule has 0 aromatic heterocycles. The summed E-state index contributed by atoms with van der Waals surface area (Å²) in [6, 6.07) is 11.2. The monoisotopic (exact) mass is 401 g/mol. The van der Waals surface area contributed by atoms with Crippen molar-refractivity contribution in [1.29, 1.82) is 0 Å². The first kappa shape index (κ1) is 20.8. The van der Waals surface area contributed by atoms with E-state index in [4.69, 9.17) is 0 Å². The largest absolute Gasteiger partial charge is 0.372 e. The summed E-state index contributed by atoms with van der Waals surface area (Å²) in [7, 11) is 0. The lowest BCUT2D eigenvalue weighted by atomic mass is 10.1. The van der Waals surface area contributed by atoms with Gasteiger partial charge in [0.25, 0.3) is 0 Å². The molecule has 0 atom stereocenters. The van der Waals surface area contributed by atoms with Gasteiger partial charge in [0.15, 0.2) is 0 Å². The first-order valence-electron chi connectivity index (χ1n) is 9.91. The summed E-state index contributed by atoms with van der Waals surface area (Å²) in [5, 5.41) is 4.65. The highest BCUT2D eigenvalue weighted by Crippen LogP contribution is 2.20. The van der Waals surface area contributed by atoms with Crippen LogP contribution in [0.25, 0.3) is 0 Å². The average molecular weight is 401 g/mol. The van der Waals surface area contributed by atoms with Gasteiger partial charge in [0.1, 0.15) is 11.6 Å². The quantitative estimate of drug-likeness (QED) is 0.574. The van der Waals surface area contributed by atoms with E-state index >= 15 is 0 Å². The normalized spacial score (nSPS) is 13.8. The number of hydrogen-bond acceptors (Lipinski definition) is 3. The number of halogens is 2. The van der Waals surface area contributed by atoms with E-state index in [1.807, 2.05) is 0 Å². The molecule has 1 heterocycles. The summed E-state index contributed by atoms with van der Waals surface area (Å²) in [4.78, 5) is 26.0. The van der Waals surface area contributed by atoms with Gasteiger partial charge in [0.05, 0.1) is 5.69 Å². The molecule has 0 bridgehead atoms. The van der Waals surface area contributed by atoms with Crippen molar-refractivity contribution in [1.82, 2.24) is 5.32 Å². The summed E-state index contributed by atoms with van der Waals surface area (Å²) in [6.07, 6.45) is 5.23. The van der Waals surface area contributed by atoms with Gasteiger partial charge in [-0.25, -0.2) is 8.78 Å². The summed E-state index contributed by atoms with van der Waals surface area (Å²) < 4.78 is 26.4. The van der Waals surface area contributed by atoms with Crippen molar-refractivity contribution in [2.24, 2.45) is 0 Å². The molecule has 2 N–H and O–H groups in total. The second-order valence-corrected chi connectivity index (χ2v) is 7.15. The minimum absolute atomic E-state index is 0.236. The molecule has 0 aliphatic carbocycles. The molecule has 154 valence electrons. The van der Waals surface area contributed by atoms with Crippen LogP contribution in [0.3, 0.4) is 0 Å². The molecule has 3 rings (SSSR count). The van der Waals surface area contributed by atoms with E-state index in [0.717, 1.165) is 37.2 Å². The zero-order valence-electron chi connectivity index (χ0n) is 16.2. The van der Waals surface area contributed by atoms with E-state index in [0.29, 0.717) is 19.0 Å². The number of carbonyl (C=O) groups excluding carboxylic acids is 2. The maximum absolute atomic E-state index is 13.5. The average Bonchev–Trinajstić information content (AvgIpc) is 2.74. The lowest BCUT2D eigenvalue weighted by Crippen LogP contribution is -2.36. The van der Waals surface area contributed by atoms with Crippen LogP contribution in [0.4, 0.5) is 20.2 Å². The van der Waals surface area contributed by atoms with Crippen LogP contribution in [0.15, 0.2) is 42.5 Å². The van der Waals surface area contributed by atoms with Gasteiger partial charge in [0.2, 0.25) is 0 Å². The smallest absolute Gasteiger partial charge is 0.313 e. The number of nitrogens with zero attached hydrogens (tertiary/aromatic N) is 1. The number of benzene rings is 2. The number of nitrogens with one attached hydrogen (secondary N) is 2. The molecule has 1 aliphatic heterocycles. The molecular weight excluding hydrogens is 376 g/mol. The number of piperidine rings is 1. The van der Waals surface area contributed by atoms with Gasteiger partial charge in [0, 0.05) is 31.4 Å². The number of carbonyl (C=O) groups is 2. The molecule has 2 aromatic carbocycles. The van der Waals surface area contributed by atoms with Gasteiger partial charge in [-0.05, 0) is 61.9 Å². The Kier molecular flexibility index (Phi) is 7.16. The summed E-state index contributed by atoms with van der Waals surface area (Å²) >= 11 is 0. The second kappa shape index (κ2) is 10.0. The maximum Gasteiger partial charge on any atom is 0.313 e.